The Morgan fingerprint density at radius 3 is 2.76 bits per heavy atom. The molecular weight excluding hydrogens is 284 g/mol. The standard InChI is InChI=1S/C16H22N2O2S/c1-12(9-13-5-8-21-11-13)18-10-14(19)17-16(15(18)20)6-3-2-4-7-16/h5,8,11-12H,2-4,6-7,9-10H2,1H3,(H,17,19). The van der Waals surface area contributed by atoms with Gasteiger partial charge < -0.3 is 10.2 Å². The number of carbonyl (C=O) groups is 2. The van der Waals surface area contributed by atoms with Crippen LogP contribution in [0.15, 0.2) is 16.8 Å². The second-order valence-electron chi connectivity index (χ2n) is 6.31. The molecule has 1 atom stereocenters. The van der Waals surface area contributed by atoms with Crippen LogP contribution in [0, 0.1) is 0 Å². The third-order valence-electron chi connectivity index (χ3n) is 4.71. The van der Waals surface area contributed by atoms with Gasteiger partial charge in [0.25, 0.3) is 0 Å². The smallest absolute Gasteiger partial charge is 0.249 e. The normalized spacial score (nSPS) is 23.2. The molecule has 1 saturated carbocycles. The van der Waals surface area contributed by atoms with Gasteiger partial charge in [-0.15, -0.1) is 0 Å². The molecule has 21 heavy (non-hydrogen) atoms. The monoisotopic (exact) mass is 306 g/mol. The summed E-state index contributed by atoms with van der Waals surface area (Å²) in [5, 5.41) is 7.16. The number of hydrogen-bond acceptors (Lipinski definition) is 3. The molecule has 2 fully saturated rings. The number of nitrogens with zero attached hydrogens (tertiary/aromatic N) is 1. The third kappa shape index (κ3) is 2.84. The van der Waals surface area contributed by atoms with E-state index in [1.807, 2.05) is 6.92 Å². The molecule has 1 unspecified atom stereocenters. The average Bonchev–Trinajstić information content (AvgIpc) is 2.96. The lowest BCUT2D eigenvalue weighted by Crippen LogP contribution is -2.68. The zero-order chi connectivity index (χ0) is 14.9. The first-order valence-electron chi connectivity index (χ1n) is 7.74. The third-order valence-corrected chi connectivity index (χ3v) is 5.45. The van der Waals surface area contributed by atoms with Gasteiger partial charge in [0.2, 0.25) is 11.8 Å². The number of nitrogens with one attached hydrogen (secondary N) is 1. The molecule has 1 aromatic rings. The molecule has 2 heterocycles. The number of carbonyl (C=O) groups excluding carboxylic acids is 2. The summed E-state index contributed by atoms with van der Waals surface area (Å²) in [4.78, 5) is 26.8. The quantitative estimate of drug-likeness (QED) is 0.932. The van der Waals surface area contributed by atoms with Crippen molar-refractivity contribution in [2.24, 2.45) is 0 Å². The highest BCUT2D eigenvalue weighted by atomic mass is 32.1. The first kappa shape index (κ1) is 14.6. The highest BCUT2D eigenvalue weighted by molar-refractivity contribution is 7.07. The summed E-state index contributed by atoms with van der Waals surface area (Å²) >= 11 is 1.67. The zero-order valence-corrected chi connectivity index (χ0v) is 13.2. The van der Waals surface area contributed by atoms with E-state index in [0.717, 1.165) is 38.5 Å². The lowest BCUT2D eigenvalue weighted by Gasteiger charge is -2.46. The van der Waals surface area contributed by atoms with Gasteiger partial charge in [0.15, 0.2) is 0 Å². The van der Waals surface area contributed by atoms with Crippen molar-refractivity contribution in [1.82, 2.24) is 10.2 Å². The molecule has 2 amide bonds. The Balaban J connectivity index is 1.77. The summed E-state index contributed by atoms with van der Waals surface area (Å²) in [5.74, 6) is 0.123. The van der Waals surface area contributed by atoms with Crippen LogP contribution in [0.1, 0.15) is 44.6 Å². The lowest BCUT2D eigenvalue weighted by molar-refractivity contribution is -0.153. The van der Waals surface area contributed by atoms with Gasteiger partial charge in [0.1, 0.15) is 5.54 Å². The molecule has 3 rings (SSSR count). The highest BCUT2D eigenvalue weighted by Crippen LogP contribution is 2.32. The summed E-state index contributed by atoms with van der Waals surface area (Å²) in [6.45, 7) is 2.25. The molecule has 114 valence electrons. The van der Waals surface area contributed by atoms with Crippen molar-refractivity contribution in [3.8, 4) is 0 Å². The maximum Gasteiger partial charge on any atom is 0.249 e. The van der Waals surface area contributed by atoms with E-state index in [0.29, 0.717) is 0 Å². The molecular formula is C16H22N2O2S. The number of hydrogen-bond donors (Lipinski definition) is 1. The Bertz CT molecular complexity index is 520. The Kier molecular flexibility index (Phi) is 4.02. The number of rotatable bonds is 3. The molecule has 1 aromatic heterocycles. The van der Waals surface area contributed by atoms with Crippen molar-refractivity contribution >= 4 is 23.2 Å². The van der Waals surface area contributed by atoms with E-state index in [2.05, 4.69) is 22.1 Å². The molecule has 1 saturated heterocycles. The van der Waals surface area contributed by atoms with Crippen LogP contribution in [0.25, 0.3) is 0 Å². The maximum atomic E-state index is 12.9. The summed E-state index contributed by atoms with van der Waals surface area (Å²) in [6.07, 6.45) is 5.62. The van der Waals surface area contributed by atoms with Crippen LogP contribution in [0.4, 0.5) is 0 Å². The summed E-state index contributed by atoms with van der Waals surface area (Å²) in [7, 11) is 0. The van der Waals surface area contributed by atoms with E-state index in [4.69, 9.17) is 0 Å². The Morgan fingerprint density at radius 1 is 1.33 bits per heavy atom. The Hall–Kier alpha value is -1.36. The zero-order valence-electron chi connectivity index (χ0n) is 12.4. The van der Waals surface area contributed by atoms with Crippen LogP contribution in [-0.2, 0) is 16.0 Å². The van der Waals surface area contributed by atoms with Gasteiger partial charge in [0, 0.05) is 6.04 Å². The molecule has 1 N–H and O–H groups in total. The molecule has 1 aliphatic heterocycles. The topological polar surface area (TPSA) is 49.4 Å². The molecule has 1 spiro atoms. The van der Waals surface area contributed by atoms with Crippen LogP contribution >= 0.6 is 11.3 Å². The molecule has 0 aromatic carbocycles. The van der Waals surface area contributed by atoms with Crippen molar-refractivity contribution in [1.29, 1.82) is 0 Å². The fraction of sp³-hybridized carbons (Fsp3) is 0.625. The number of thiophene rings is 1. The number of piperazine rings is 1. The Morgan fingerprint density at radius 2 is 2.10 bits per heavy atom. The predicted molar refractivity (Wildman–Crippen MR) is 83.2 cm³/mol. The van der Waals surface area contributed by atoms with Gasteiger partial charge in [-0.3, -0.25) is 9.59 Å². The van der Waals surface area contributed by atoms with Gasteiger partial charge in [-0.25, -0.2) is 0 Å². The van der Waals surface area contributed by atoms with Crippen molar-refractivity contribution in [3.05, 3.63) is 22.4 Å². The first-order chi connectivity index (χ1) is 10.1. The van der Waals surface area contributed by atoms with Gasteiger partial charge in [0.05, 0.1) is 6.54 Å². The second kappa shape index (κ2) is 5.79. The summed E-state index contributed by atoms with van der Waals surface area (Å²) < 4.78 is 0. The van der Waals surface area contributed by atoms with Crippen LogP contribution in [0.3, 0.4) is 0 Å². The Labute approximate surface area is 129 Å². The van der Waals surface area contributed by atoms with E-state index in [-0.39, 0.29) is 24.4 Å². The minimum Gasteiger partial charge on any atom is -0.340 e. The van der Waals surface area contributed by atoms with E-state index < -0.39 is 5.54 Å². The SMILES string of the molecule is CC(Cc1ccsc1)N1CC(=O)NC2(CCCCC2)C1=O. The van der Waals surface area contributed by atoms with Crippen molar-refractivity contribution in [2.45, 2.75) is 57.0 Å². The highest BCUT2D eigenvalue weighted by Gasteiger charge is 2.47. The molecule has 5 heteroatoms. The van der Waals surface area contributed by atoms with Crippen molar-refractivity contribution in [3.63, 3.8) is 0 Å². The second-order valence-corrected chi connectivity index (χ2v) is 7.09. The van der Waals surface area contributed by atoms with E-state index in [9.17, 15) is 9.59 Å². The lowest BCUT2D eigenvalue weighted by atomic mass is 9.79. The molecule has 4 nitrogen and oxygen atoms in total. The molecule has 0 radical (unpaired) electrons. The minimum atomic E-state index is -0.615. The van der Waals surface area contributed by atoms with Gasteiger partial charge in [-0.2, -0.15) is 11.3 Å². The van der Waals surface area contributed by atoms with Crippen molar-refractivity contribution in [2.75, 3.05) is 6.54 Å². The fourth-order valence-corrected chi connectivity index (χ4v) is 4.25. The van der Waals surface area contributed by atoms with E-state index in [1.165, 1.54) is 5.56 Å². The van der Waals surface area contributed by atoms with Crippen LogP contribution < -0.4 is 5.32 Å². The molecule has 0 bridgehead atoms. The van der Waals surface area contributed by atoms with E-state index >= 15 is 0 Å². The number of amides is 2. The largest absolute Gasteiger partial charge is 0.340 e. The minimum absolute atomic E-state index is 0.00586. The van der Waals surface area contributed by atoms with Gasteiger partial charge in [-0.1, -0.05) is 19.3 Å². The van der Waals surface area contributed by atoms with Gasteiger partial charge >= 0.3 is 0 Å². The van der Waals surface area contributed by atoms with E-state index in [1.54, 1.807) is 16.2 Å². The predicted octanol–water partition coefficient (Wildman–Crippen LogP) is 2.34. The van der Waals surface area contributed by atoms with Gasteiger partial charge in [-0.05, 0) is 48.6 Å². The maximum absolute atomic E-state index is 12.9. The summed E-state index contributed by atoms with van der Waals surface area (Å²) in [5.41, 5.74) is 0.625. The fourth-order valence-electron chi connectivity index (χ4n) is 3.57. The summed E-state index contributed by atoms with van der Waals surface area (Å²) in [6, 6.07) is 2.16. The van der Waals surface area contributed by atoms with Crippen LogP contribution in [0.5, 0.6) is 0 Å². The molecule has 2 aliphatic rings. The van der Waals surface area contributed by atoms with Crippen molar-refractivity contribution < 1.29 is 9.59 Å². The van der Waals surface area contributed by atoms with Crippen LogP contribution in [0.2, 0.25) is 0 Å². The average molecular weight is 306 g/mol. The first-order valence-corrected chi connectivity index (χ1v) is 8.68. The molecule has 1 aliphatic carbocycles. The van der Waals surface area contributed by atoms with Crippen LogP contribution in [-0.4, -0.2) is 34.8 Å².